The van der Waals surface area contributed by atoms with Crippen molar-refractivity contribution < 1.29 is 4.57 Å². The zero-order valence-electron chi connectivity index (χ0n) is 14.2. The van der Waals surface area contributed by atoms with Crippen molar-refractivity contribution in [2.24, 2.45) is 5.92 Å². The fourth-order valence-electron chi connectivity index (χ4n) is 2.81. The molecule has 1 heterocycles. The first-order valence-corrected chi connectivity index (χ1v) is 10.9. The van der Waals surface area contributed by atoms with E-state index in [2.05, 4.69) is 30.0 Å². The summed E-state index contributed by atoms with van der Waals surface area (Å²) in [5.41, 5.74) is 0. The number of hydrogen-bond donors (Lipinski definition) is 1. The normalized spacial score (nSPS) is 14.0. The topological polar surface area (TPSA) is 29.1 Å². The van der Waals surface area contributed by atoms with E-state index in [1.807, 2.05) is 72.8 Å². The Balaban J connectivity index is 2.09. The molecule has 0 aliphatic carbocycles. The third-order valence-electron chi connectivity index (χ3n) is 4.31. The maximum Gasteiger partial charge on any atom is 0.205 e. The van der Waals surface area contributed by atoms with Crippen molar-refractivity contribution in [3.8, 4) is 0 Å². The van der Waals surface area contributed by atoms with Crippen molar-refractivity contribution in [1.82, 2.24) is 5.09 Å². The van der Waals surface area contributed by atoms with Crippen molar-refractivity contribution in [2.45, 2.75) is 13.0 Å². The van der Waals surface area contributed by atoms with E-state index < -0.39 is 7.29 Å². The van der Waals surface area contributed by atoms with Crippen LogP contribution in [0.3, 0.4) is 0 Å². The summed E-state index contributed by atoms with van der Waals surface area (Å²) in [5, 5.41) is 7.20. The average molecular weight is 367 g/mol. The van der Waals surface area contributed by atoms with Gasteiger partial charge in [0.25, 0.3) is 0 Å². The van der Waals surface area contributed by atoms with Gasteiger partial charge in [0.15, 0.2) is 0 Å². The van der Waals surface area contributed by atoms with Crippen LogP contribution in [0.5, 0.6) is 0 Å². The average Bonchev–Trinajstić information content (AvgIpc) is 3.21. The van der Waals surface area contributed by atoms with Crippen molar-refractivity contribution in [1.29, 1.82) is 0 Å². The minimum Gasteiger partial charge on any atom is -0.297 e. The molecule has 0 aliphatic heterocycles. The van der Waals surface area contributed by atoms with Crippen molar-refractivity contribution in [3.05, 3.63) is 95.7 Å². The Kier molecular flexibility index (Phi) is 5.70. The molecule has 3 aromatic rings. The molecule has 2 nitrogen and oxygen atoms in total. The number of nitrogens with one attached hydrogen (secondary N) is 1. The number of benzene rings is 2. The van der Waals surface area contributed by atoms with E-state index in [1.54, 1.807) is 11.3 Å². The zero-order chi connectivity index (χ0) is 17.7. The predicted octanol–water partition coefficient (Wildman–Crippen LogP) is 5.13. The highest BCUT2D eigenvalue weighted by Gasteiger charge is 2.32. The molecule has 0 saturated heterocycles. The molecule has 2 atom stereocenters. The molecule has 3 rings (SSSR count). The molecule has 4 heteroatoms. The second-order valence-corrected chi connectivity index (χ2v) is 9.49. The molecule has 0 radical (unpaired) electrons. The lowest BCUT2D eigenvalue weighted by Crippen LogP contribution is -2.32. The number of hydrogen-bond acceptors (Lipinski definition) is 2. The summed E-state index contributed by atoms with van der Waals surface area (Å²) < 4.78 is 14.2. The minimum absolute atomic E-state index is 0.0521. The fraction of sp³-hybridized carbons (Fsp3) is 0.143. The third-order valence-corrected chi connectivity index (χ3v) is 7.96. The quantitative estimate of drug-likeness (QED) is 0.463. The lowest BCUT2D eigenvalue weighted by Gasteiger charge is -2.29. The second kappa shape index (κ2) is 7.97. The van der Waals surface area contributed by atoms with E-state index in [9.17, 15) is 4.57 Å². The Morgan fingerprint density at radius 1 is 0.960 bits per heavy atom. The van der Waals surface area contributed by atoms with Gasteiger partial charge in [-0.05, 0) is 41.6 Å². The zero-order valence-corrected chi connectivity index (χ0v) is 15.9. The lowest BCUT2D eigenvalue weighted by atomic mass is 10.0. The lowest BCUT2D eigenvalue weighted by molar-refractivity contribution is 0.511. The predicted molar refractivity (Wildman–Crippen MR) is 109 cm³/mol. The number of thiophene rings is 1. The third kappa shape index (κ3) is 3.85. The molecule has 2 aromatic carbocycles. The van der Waals surface area contributed by atoms with E-state index in [-0.39, 0.29) is 12.0 Å². The van der Waals surface area contributed by atoms with Crippen LogP contribution in [0.1, 0.15) is 17.8 Å². The van der Waals surface area contributed by atoms with Crippen molar-refractivity contribution >= 4 is 29.2 Å². The maximum atomic E-state index is 14.2. The van der Waals surface area contributed by atoms with Crippen LogP contribution < -0.4 is 15.7 Å². The first kappa shape index (κ1) is 17.9. The van der Waals surface area contributed by atoms with Crippen molar-refractivity contribution in [2.75, 3.05) is 0 Å². The van der Waals surface area contributed by atoms with Crippen LogP contribution in [0, 0.1) is 5.92 Å². The SMILES string of the molecule is C=CC(C)C(NP(=O)(c1ccccc1)c1ccccc1)c1cccs1. The highest BCUT2D eigenvalue weighted by atomic mass is 32.1. The van der Waals surface area contributed by atoms with E-state index in [0.717, 1.165) is 10.6 Å². The van der Waals surface area contributed by atoms with Crippen molar-refractivity contribution in [3.63, 3.8) is 0 Å². The summed E-state index contributed by atoms with van der Waals surface area (Å²) in [7, 11) is -2.98. The molecule has 0 fully saturated rings. The second-order valence-electron chi connectivity index (χ2n) is 6.00. The van der Waals surface area contributed by atoms with Gasteiger partial charge in [0.05, 0.1) is 6.04 Å². The van der Waals surface area contributed by atoms with Gasteiger partial charge in [-0.25, -0.2) is 0 Å². The monoisotopic (exact) mass is 367 g/mol. The highest BCUT2D eigenvalue weighted by Crippen LogP contribution is 2.44. The van der Waals surface area contributed by atoms with E-state index >= 15 is 0 Å². The van der Waals surface area contributed by atoms with Crippen LogP contribution in [-0.4, -0.2) is 0 Å². The highest BCUT2D eigenvalue weighted by molar-refractivity contribution is 7.76. The Morgan fingerprint density at radius 3 is 1.96 bits per heavy atom. The molecule has 0 bridgehead atoms. The number of rotatable bonds is 7. The van der Waals surface area contributed by atoms with Gasteiger partial charge in [-0.15, -0.1) is 17.9 Å². The molecule has 1 N–H and O–H groups in total. The summed E-state index contributed by atoms with van der Waals surface area (Å²) in [6.07, 6.45) is 1.91. The van der Waals surface area contributed by atoms with Crippen LogP contribution >= 0.6 is 18.6 Å². The van der Waals surface area contributed by atoms with Gasteiger partial charge < -0.3 is 0 Å². The standard InChI is InChI=1S/C21H22NOPS/c1-3-17(2)21(20-15-10-16-25-20)22-24(23,18-11-6-4-7-12-18)19-13-8-5-9-14-19/h3-17,21H,1H2,2H3,(H,22,23). The Bertz CT molecular complexity index is 803. The fourth-order valence-corrected chi connectivity index (χ4v) is 6.34. The molecule has 0 spiro atoms. The molecule has 25 heavy (non-hydrogen) atoms. The molecule has 0 amide bonds. The van der Waals surface area contributed by atoms with Gasteiger partial charge in [-0.1, -0.05) is 55.5 Å². The molecule has 0 saturated carbocycles. The van der Waals surface area contributed by atoms with Gasteiger partial charge in [-0.2, -0.15) is 0 Å². The smallest absolute Gasteiger partial charge is 0.205 e. The first-order valence-electron chi connectivity index (χ1n) is 8.30. The Hall–Kier alpha value is -1.93. The van der Waals surface area contributed by atoms with Crippen LogP contribution in [0.2, 0.25) is 0 Å². The van der Waals surface area contributed by atoms with Gasteiger partial charge in [0, 0.05) is 15.5 Å². The summed E-state index contributed by atoms with van der Waals surface area (Å²) in [6.45, 7) is 6.04. The summed E-state index contributed by atoms with van der Waals surface area (Å²) in [5.74, 6) is 0.152. The molecule has 2 unspecified atom stereocenters. The molecule has 1 aromatic heterocycles. The van der Waals surface area contributed by atoms with Gasteiger partial charge in [0.1, 0.15) is 0 Å². The molecule has 0 aliphatic rings. The van der Waals surface area contributed by atoms with Crippen LogP contribution in [0.4, 0.5) is 0 Å². The maximum absolute atomic E-state index is 14.2. The molecule has 128 valence electrons. The summed E-state index contributed by atoms with van der Waals surface area (Å²) in [6, 6.07) is 23.4. The molecular weight excluding hydrogens is 345 g/mol. The minimum atomic E-state index is -2.98. The molecular formula is C21H22NOPS. The van der Waals surface area contributed by atoms with E-state index in [1.165, 1.54) is 4.88 Å². The Morgan fingerprint density at radius 2 is 1.52 bits per heavy atom. The van der Waals surface area contributed by atoms with Crippen LogP contribution in [0.15, 0.2) is 90.8 Å². The Labute approximate surface area is 153 Å². The van der Waals surface area contributed by atoms with Gasteiger partial charge >= 0.3 is 0 Å². The first-order chi connectivity index (χ1) is 12.1. The van der Waals surface area contributed by atoms with E-state index in [0.29, 0.717) is 0 Å². The van der Waals surface area contributed by atoms with E-state index in [4.69, 9.17) is 0 Å². The largest absolute Gasteiger partial charge is 0.297 e. The van der Waals surface area contributed by atoms with Crippen LogP contribution in [-0.2, 0) is 4.57 Å². The van der Waals surface area contributed by atoms with Gasteiger partial charge in [-0.3, -0.25) is 9.65 Å². The van der Waals surface area contributed by atoms with Crippen LogP contribution in [0.25, 0.3) is 0 Å². The van der Waals surface area contributed by atoms with Gasteiger partial charge in [0.2, 0.25) is 7.29 Å². The summed E-state index contributed by atoms with van der Waals surface area (Å²) in [4.78, 5) is 1.17. The summed E-state index contributed by atoms with van der Waals surface area (Å²) >= 11 is 1.67.